The number of nitrogens with zero attached hydrogens (tertiary/aromatic N) is 2. The molecule has 0 unspecified atom stereocenters. The highest BCUT2D eigenvalue weighted by molar-refractivity contribution is 7.92. The zero-order valence-electron chi connectivity index (χ0n) is 23.9. The molecule has 0 saturated heterocycles. The van der Waals surface area contributed by atoms with Gasteiger partial charge in [0.15, 0.2) is 0 Å². The third-order valence-electron chi connectivity index (χ3n) is 6.33. The van der Waals surface area contributed by atoms with E-state index >= 15 is 0 Å². The summed E-state index contributed by atoms with van der Waals surface area (Å²) in [5.74, 6) is -0.784. The average Bonchev–Trinajstić information content (AvgIpc) is 2.87. The lowest BCUT2D eigenvalue weighted by Crippen LogP contribution is -2.55. The first-order valence-corrected chi connectivity index (χ1v) is 15.0. The van der Waals surface area contributed by atoms with Crippen molar-refractivity contribution in [1.29, 1.82) is 0 Å². The standard InChI is InChI=1S/C31H38ClN3O4S/c1-7-28(30(37)33-31(4,5)6)34(20-24-13-11-22(2)12-14-24)29(36)21-35(26-10-8-9-23(3)19-26)40(38,39)27-17-15-25(32)16-18-27/h8-19,28H,7,20-21H2,1-6H3,(H,33,37)/t28-/m0/s1. The first-order valence-electron chi connectivity index (χ1n) is 13.2. The number of carbonyl (C=O) groups excluding carboxylic acids is 2. The molecule has 0 fully saturated rings. The predicted molar refractivity (Wildman–Crippen MR) is 161 cm³/mol. The molecule has 7 nitrogen and oxygen atoms in total. The van der Waals surface area contributed by atoms with Crippen molar-refractivity contribution in [2.24, 2.45) is 0 Å². The molecule has 0 aromatic heterocycles. The lowest BCUT2D eigenvalue weighted by molar-refractivity contribution is -0.141. The van der Waals surface area contributed by atoms with E-state index in [1.807, 2.05) is 71.9 Å². The first-order chi connectivity index (χ1) is 18.7. The molecule has 40 heavy (non-hydrogen) atoms. The van der Waals surface area contributed by atoms with E-state index in [0.717, 1.165) is 21.0 Å². The predicted octanol–water partition coefficient (Wildman–Crippen LogP) is 5.87. The third-order valence-corrected chi connectivity index (χ3v) is 8.37. The fourth-order valence-electron chi connectivity index (χ4n) is 4.31. The van der Waals surface area contributed by atoms with Crippen LogP contribution in [-0.2, 0) is 26.2 Å². The monoisotopic (exact) mass is 583 g/mol. The van der Waals surface area contributed by atoms with Gasteiger partial charge in [0.2, 0.25) is 11.8 Å². The molecule has 0 aliphatic carbocycles. The van der Waals surface area contributed by atoms with E-state index in [-0.39, 0.29) is 17.3 Å². The highest BCUT2D eigenvalue weighted by Gasteiger charge is 2.34. The van der Waals surface area contributed by atoms with Gasteiger partial charge in [-0.2, -0.15) is 0 Å². The second-order valence-corrected chi connectivity index (χ2v) is 13.3. The van der Waals surface area contributed by atoms with Crippen molar-refractivity contribution in [1.82, 2.24) is 10.2 Å². The topological polar surface area (TPSA) is 86.8 Å². The minimum atomic E-state index is -4.15. The molecule has 214 valence electrons. The van der Waals surface area contributed by atoms with Crippen LogP contribution < -0.4 is 9.62 Å². The van der Waals surface area contributed by atoms with Crippen molar-refractivity contribution in [3.8, 4) is 0 Å². The van der Waals surface area contributed by atoms with Crippen LogP contribution in [0.25, 0.3) is 0 Å². The molecule has 3 aromatic carbocycles. The molecule has 0 saturated carbocycles. The summed E-state index contributed by atoms with van der Waals surface area (Å²) in [7, 11) is -4.15. The molecule has 0 heterocycles. The molecule has 0 aliphatic heterocycles. The summed E-state index contributed by atoms with van der Waals surface area (Å²) in [6, 6.07) is 19.7. The maximum absolute atomic E-state index is 14.1. The van der Waals surface area contributed by atoms with Crippen molar-refractivity contribution in [2.75, 3.05) is 10.8 Å². The lowest BCUT2D eigenvalue weighted by Gasteiger charge is -2.34. The normalized spacial score (nSPS) is 12.5. The van der Waals surface area contributed by atoms with Crippen LogP contribution in [0.3, 0.4) is 0 Å². The summed E-state index contributed by atoms with van der Waals surface area (Å²) in [4.78, 5) is 29.0. The van der Waals surface area contributed by atoms with Gasteiger partial charge in [-0.1, -0.05) is 60.5 Å². The Morgan fingerprint density at radius 2 is 1.55 bits per heavy atom. The van der Waals surface area contributed by atoms with Crippen molar-refractivity contribution in [3.63, 3.8) is 0 Å². The molecule has 1 N–H and O–H groups in total. The third kappa shape index (κ3) is 8.08. The van der Waals surface area contributed by atoms with Crippen LogP contribution in [0.1, 0.15) is 50.8 Å². The van der Waals surface area contributed by atoms with Gasteiger partial charge in [0, 0.05) is 17.1 Å². The quantitative estimate of drug-likeness (QED) is 0.323. The second-order valence-electron chi connectivity index (χ2n) is 11.0. The largest absolute Gasteiger partial charge is 0.350 e. The van der Waals surface area contributed by atoms with Gasteiger partial charge in [0.05, 0.1) is 10.6 Å². The summed E-state index contributed by atoms with van der Waals surface area (Å²) in [6.07, 6.45) is 0.355. The highest BCUT2D eigenvalue weighted by atomic mass is 35.5. The van der Waals surface area contributed by atoms with Crippen LogP contribution in [0.4, 0.5) is 5.69 Å². The number of halogens is 1. The van der Waals surface area contributed by atoms with Gasteiger partial charge in [0.25, 0.3) is 10.0 Å². The first kappa shape index (κ1) is 31.2. The van der Waals surface area contributed by atoms with E-state index in [2.05, 4.69) is 5.32 Å². The number of sulfonamides is 1. The zero-order chi connectivity index (χ0) is 29.7. The Morgan fingerprint density at radius 1 is 0.925 bits per heavy atom. The molecule has 1 atom stereocenters. The second kappa shape index (κ2) is 12.9. The maximum Gasteiger partial charge on any atom is 0.264 e. The van der Waals surface area contributed by atoms with E-state index in [1.54, 1.807) is 18.2 Å². The van der Waals surface area contributed by atoms with Crippen molar-refractivity contribution < 1.29 is 18.0 Å². The molecule has 9 heteroatoms. The number of carbonyl (C=O) groups is 2. The zero-order valence-corrected chi connectivity index (χ0v) is 25.5. The number of benzene rings is 3. The van der Waals surface area contributed by atoms with E-state index in [1.165, 1.54) is 29.2 Å². The molecule has 0 bridgehead atoms. The van der Waals surface area contributed by atoms with Crippen LogP contribution in [0.5, 0.6) is 0 Å². The summed E-state index contributed by atoms with van der Waals surface area (Å²) in [5.41, 5.74) is 2.59. The Hall–Kier alpha value is -3.36. The van der Waals surface area contributed by atoms with Crippen LogP contribution >= 0.6 is 11.6 Å². The SMILES string of the molecule is CC[C@@H](C(=O)NC(C)(C)C)N(Cc1ccc(C)cc1)C(=O)CN(c1cccc(C)c1)S(=O)(=O)c1ccc(Cl)cc1. The molecule has 0 aliphatic rings. The van der Waals surface area contributed by atoms with E-state index < -0.39 is 34.1 Å². The van der Waals surface area contributed by atoms with E-state index in [9.17, 15) is 18.0 Å². The van der Waals surface area contributed by atoms with Gasteiger partial charge < -0.3 is 10.2 Å². The maximum atomic E-state index is 14.1. The van der Waals surface area contributed by atoms with Crippen molar-refractivity contribution in [2.45, 2.75) is 71.0 Å². The van der Waals surface area contributed by atoms with Gasteiger partial charge >= 0.3 is 0 Å². The minimum absolute atomic E-state index is 0.00816. The number of hydrogen-bond acceptors (Lipinski definition) is 4. The minimum Gasteiger partial charge on any atom is -0.350 e. The number of rotatable bonds is 10. The van der Waals surface area contributed by atoms with Crippen LogP contribution in [-0.4, -0.2) is 43.3 Å². The molecule has 3 aromatic rings. The van der Waals surface area contributed by atoms with Crippen molar-refractivity contribution >= 4 is 39.1 Å². The van der Waals surface area contributed by atoms with Gasteiger partial charge in [-0.25, -0.2) is 8.42 Å². The van der Waals surface area contributed by atoms with Crippen LogP contribution in [0.2, 0.25) is 5.02 Å². The fraction of sp³-hybridized carbons (Fsp3) is 0.355. The Morgan fingerprint density at radius 3 is 2.10 bits per heavy atom. The lowest BCUT2D eigenvalue weighted by atomic mass is 10.1. The average molecular weight is 584 g/mol. The number of nitrogens with one attached hydrogen (secondary N) is 1. The van der Waals surface area contributed by atoms with Crippen LogP contribution in [0.15, 0.2) is 77.7 Å². The Balaban J connectivity index is 2.07. The molecule has 3 rings (SSSR count). The van der Waals surface area contributed by atoms with Gasteiger partial charge in [-0.3, -0.25) is 13.9 Å². The molecular formula is C31H38ClN3O4S. The summed E-state index contributed by atoms with van der Waals surface area (Å²) < 4.78 is 28.9. The fourth-order valence-corrected chi connectivity index (χ4v) is 5.84. The number of anilines is 1. The van der Waals surface area contributed by atoms with Crippen LogP contribution in [0, 0.1) is 13.8 Å². The van der Waals surface area contributed by atoms with E-state index in [0.29, 0.717) is 17.1 Å². The molecule has 0 radical (unpaired) electrons. The molecular weight excluding hydrogens is 546 g/mol. The number of aryl methyl sites for hydroxylation is 2. The smallest absolute Gasteiger partial charge is 0.264 e. The Kier molecular flexibility index (Phi) is 10.0. The van der Waals surface area contributed by atoms with Gasteiger partial charge in [-0.15, -0.1) is 0 Å². The summed E-state index contributed by atoms with van der Waals surface area (Å²) >= 11 is 6.01. The number of amides is 2. The summed E-state index contributed by atoms with van der Waals surface area (Å²) in [5, 5.41) is 3.38. The Bertz CT molecular complexity index is 1430. The number of hydrogen-bond donors (Lipinski definition) is 1. The summed E-state index contributed by atoms with van der Waals surface area (Å²) in [6.45, 7) is 11.0. The van der Waals surface area contributed by atoms with E-state index in [4.69, 9.17) is 11.6 Å². The van der Waals surface area contributed by atoms with Gasteiger partial charge in [0.1, 0.15) is 12.6 Å². The van der Waals surface area contributed by atoms with Crippen molar-refractivity contribution in [3.05, 3.63) is 94.5 Å². The molecule has 0 spiro atoms. The Labute approximate surface area is 243 Å². The van der Waals surface area contributed by atoms with Gasteiger partial charge in [-0.05, 0) is 88.6 Å². The molecule has 2 amide bonds. The highest BCUT2D eigenvalue weighted by Crippen LogP contribution is 2.26.